The number of hydrogen-bond donors (Lipinski definition) is 0. The maximum Gasteiger partial charge on any atom is 0.511 e. The van der Waals surface area contributed by atoms with Crippen molar-refractivity contribution in [1.82, 2.24) is 18.7 Å². The average Bonchev–Trinajstić information content (AvgIpc) is 3.48. The number of imidazole rings is 1. The molecule has 1 aliphatic carbocycles. The van der Waals surface area contributed by atoms with Crippen molar-refractivity contribution >= 4 is 21.5 Å². The first-order chi connectivity index (χ1) is 14.6. The van der Waals surface area contributed by atoms with E-state index in [1.54, 1.807) is 24.5 Å². The number of rotatable bonds is 7. The zero-order chi connectivity index (χ0) is 22.4. The normalized spacial score (nSPS) is 15.0. The summed E-state index contributed by atoms with van der Waals surface area (Å²) in [6.45, 7) is 0.0621. The van der Waals surface area contributed by atoms with Gasteiger partial charge in [-0.3, -0.25) is 4.40 Å². The van der Waals surface area contributed by atoms with Crippen LogP contribution < -0.4 is 4.90 Å². The van der Waals surface area contributed by atoms with E-state index in [1.807, 2.05) is 34.7 Å². The van der Waals surface area contributed by atoms with E-state index in [-0.39, 0.29) is 12.5 Å². The first kappa shape index (κ1) is 21.6. The Bertz CT molecular complexity index is 1200. The summed E-state index contributed by atoms with van der Waals surface area (Å²) in [7, 11) is -2.64. The van der Waals surface area contributed by atoms with Crippen LogP contribution in [0.4, 0.5) is 18.9 Å². The number of anilines is 1. The van der Waals surface area contributed by atoms with Crippen LogP contribution in [0.25, 0.3) is 5.78 Å². The van der Waals surface area contributed by atoms with E-state index in [9.17, 15) is 21.6 Å². The molecule has 1 aliphatic rings. The molecule has 1 aromatic carbocycles. The fourth-order valence-electron chi connectivity index (χ4n) is 3.71. The van der Waals surface area contributed by atoms with Gasteiger partial charge in [0.1, 0.15) is 0 Å². The van der Waals surface area contributed by atoms with Crippen molar-refractivity contribution < 1.29 is 21.6 Å². The third-order valence-electron chi connectivity index (χ3n) is 5.46. The summed E-state index contributed by atoms with van der Waals surface area (Å²) in [6.07, 6.45) is 7.06. The molecule has 0 radical (unpaired) electrons. The predicted molar refractivity (Wildman–Crippen MR) is 110 cm³/mol. The highest BCUT2D eigenvalue weighted by Gasteiger charge is 2.49. The van der Waals surface area contributed by atoms with Gasteiger partial charge in [0.2, 0.25) is 5.78 Å². The Labute approximate surface area is 178 Å². The number of halogens is 3. The number of hydrogen-bond acceptors (Lipinski definition) is 5. The summed E-state index contributed by atoms with van der Waals surface area (Å²) >= 11 is 0. The van der Waals surface area contributed by atoms with Crippen LogP contribution in [-0.4, -0.2) is 46.7 Å². The molecule has 2 heterocycles. The first-order valence-electron chi connectivity index (χ1n) is 9.72. The van der Waals surface area contributed by atoms with Crippen molar-refractivity contribution in [2.75, 3.05) is 19.0 Å². The van der Waals surface area contributed by atoms with Gasteiger partial charge in [0.25, 0.3) is 0 Å². The van der Waals surface area contributed by atoms with Crippen molar-refractivity contribution in [3.8, 4) is 0 Å². The Morgan fingerprint density at radius 2 is 1.87 bits per heavy atom. The minimum absolute atomic E-state index is 0.241. The van der Waals surface area contributed by atoms with Crippen LogP contribution in [0, 0.1) is 0 Å². The molecule has 2 aromatic heterocycles. The summed E-state index contributed by atoms with van der Waals surface area (Å²) in [5, 5.41) is 0. The molecule has 0 amide bonds. The van der Waals surface area contributed by atoms with Gasteiger partial charge in [-0.05, 0) is 42.0 Å². The standard InChI is InChI=1S/C20H22F3N5O2S/c1-26(12-15-11-25-19-24-9-4-10-28(15)19)18-6-3-5-16(14-7-8-14)17(18)13-27(2)31(29,30)20(21,22)23/h3-6,9-11,14H,7-8,12-13H2,1-2H3. The van der Waals surface area contributed by atoms with Crippen molar-refractivity contribution in [2.24, 2.45) is 0 Å². The topological polar surface area (TPSA) is 70.8 Å². The van der Waals surface area contributed by atoms with Crippen molar-refractivity contribution in [3.05, 3.63) is 59.7 Å². The largest absolute Gasteiger partial charge is 0.511 e. The van der Waals surface area contributed by atoms with Gasteiger partial charge in [0.15, 0.2) is 0 Å². The van der Waals surface area contributed by atoms with E-state index in [0.717, 1.165) is 31.1 Å². The van der Waals surface area contributed by atoms with E-state index >= 15 is 0 Å². The second-order valence-electron chi connectivity index (χ2n) is 7.72. The highest BCUT2D eigenvalue weighted by atomic mass is 32.2. The molecule has 1 fully saturated rings. The SMILES string of the molecule is CN(Cc1cnc2ncccn12)c1cccc(C2CC2)c1CN(C)S(=O)(=O)C(F)(F)F. The second-order valence-corrected chi connectivity index (χ2v) is 9.76. The summed E-state index contributed by atoms with van der Waals surface area (Å²) in [4.78, 5) is 10.3. The average molecular weight is 453 g/mol. The summed E-state index contributed by atoms with van der Waals surface area (Å²) < 4.78 is 65.2. The van der Waals surface area contributed by atoms with Gasteiger partial charge >= 0.3 is 15.5 Å². The van der Waals surface area contributed by atoms with Gasteiger partial charge in [-0.15, -0.1) is 0 Å². The van der Waals surface area contributed by atoms with Crippen molar-refractivity contribution in [2.45, 2.75) is 37.4 Å². The number of fused-ring (bicyclic) bond motifs is 1. The smallest absolute Gasteiger partial charge is 0.368 e. The van der Waals surface area contributed by atoms with Gasteiger partial charge in [-0.1, -0.05) is 12.1 Å². The van der Waals surface area contributed by atoms with Gasteiger partial charge in [0, 0.05) is 38.7 Å². The molecule has 4 rings (SSSR count). The van der Waals surface area contributed by atoms with Crippen LogP contribution in [0.1, 0.15) is 35.6 Å². The van der Waals surface area contributed by atoms with Crippen LogP contribution in [0.15, 0.2) is 42.9 Å². The van der Waals surface area contributed by atoms with Crippen LogP contribution in [-0.2, 0) is 23.1 Å². The molecule has 0 bridgehead atoms. The molecule has 0 aliphatic heterocycles. The second kappa shape index (κ2) is 7.79. The zero-order valence-electron chi connectivity index (χ0n) is 17.0. The van der Waals surface area contributed by atoms with Gasteiger partial charge in [-0.25, -0.2) is 18.4 Å². The highest BCUT2D eigenvalue weighted by molar-refractivity contribution is 7.89. The predicted octanol–water partition coefficient (Wildman–Crippen LogP) is 3.52. The molecule has 0 N–H and O–H groups in total. The van der Waals surface area contributed by atoms with E-state index in [1.165, 1.54) is 0 Å². The van der Waals surface area contributed by atoms with E-state index in [0.29, 0.717) is 27.9 Å². The lowest BCUT2D eigenvalue weighted by atomic mass is 10.0. The van der Waals surface area contributed by atoms with Crippen LogP contribution in [0.2, 0.25) is 0 Å². The summed E-state index contributed by atoms with van der Waals surface area (Å²) in [5.41, 5.74) is -2.31. The lowest BCUT2D eigenvalue weighted by Gasteiger charge is -2.27. The molecule has 3 aromatic rings. The van der Waals surface area contributed by atoms with Crippen molar-refractivity contribution in [1.29, 1.82) is 0 Å². The molecule has 1 saturated carbocycles. The Morgan fingerprint density at radius 1 is 1.13 bits per heavy atom. The highest BCUT2D eigenvalue weighted by Crippen LogP contribution is 2.44. The maximum atomic E-state index is 13.1. The Morgan fingerprint density at radius 3 is 2.55 bits per heavy atom. The minimum atomic E-state index is -5.43. The third kappa shape index (κ3) is 4.11. The Kier molecular flexibility index (Phi) is 5.42. The van der Waals surface area contributed by atoms with E-state index in [4.69, 9.17) is 0 Å². The molecule has 0 spiro atoms. The lowest BCUT2D eigenvalue weighted by Crippen LogP contribution is -2.38. The molecule has 0 atom stereocenters. The molecule has 7 nitrogen and oxygen atoms in total. The molecule has 31 heavy (non-hydrogen) atoms. The fourth-order valence-corrected chi connectivity index (χ4v) is 4.36. The number of benzene rings is 1. The Hall–Kier alpha value is -2.66. The number of nitrogens with zero attached hydrogens (tertiary/aromatic N) is 5. The maximum absolute atomic E-state index is 13.1. The summed E-state index contributed by atoms with van der Waals surface area (Å²) in [5.74, 6) is 0.791. The zero-order valence-corrected chi connectivity index (χ0v) is 17.9. The lowest BCUT2D eigenvalue weighted by molar-refractivity contribution is -0.0484. The van der Waals surface area contributed by atoms with Crippen LogP contribution in [0.5, 0.6) is 0 Å². The first-order valence-corrected chi connectivity index (χ1v) is 11.2. The Balaban J connectivity index is 1.68. The molecule has 0 saturated heterocycles. The van der Waals surface area contributed by atoms with Gasteiger partial charge in [-0.2, -0.15) is 17.5 Å². The monoisotopic (exact) mass is 453 g/mol. The molecule has 11 heteroatoms. The van der Waals surface area contributed by atoms with E-state index in [2.05, 4.69) is 9.97 Å². The number of aromatic nitrogens is 3. The van der Waals surface area contributed by atoms with E-state index < -0.39 is 15.5 Å². The minimum Gasteiger partial charge on any atom is -0.368 e. The quantitative estimate of drug-likeness (QED) is 0.548. The number of alkyl halides is 3. The molecule has 0 unspecified atom stereocenters. The molecule has 166 valence electrons. The van der Waals surface area contributed by atoms with Crippen molar-refractivity contribution in [3.63, 3.8) is 0 Å². The fraction of sp³-hybridized carbons (Fsp3) is 0.400. The number of sulfonamides is 1. The molecular weight excluding hydrogens is 431 g/mol. The summed E-state index contributed by atoms with van der Waals surface area (Å²) in [6, 6.07) is 7.32. The van der Waals surface area contributed by atoms with Gasteiger partial charge in [0.05, 0.1) is 18.4 Å². The van der Waals surface area contributed by atoms with Crippen LogP contribution in [0.3, 0.4) is 0 Å². The van der Waals surface area contributed by atoms with Crippen LogP contribution >= 0.6 is 0 Å². The third-order valence-corrected chi connectivity index (χ3v) is 7.00. The van der Waals surface area contributed by atoms with Gasteiger partial charge < -0.3 is 4.90 Å². The molecular formula is C20H22F3N5O2S.